The average molecular weight is 287 g/mol. The van der Waals surface area contributed by atoms with Gasteiger partial charge in [0.1, 0.15) is 5.01 Å². The van der Waals surface area contributed by atoms with Gasteiger partial charge in [0.05, 0.1) is 12.1 Å². The van der Waals surface area contributed by atoms with E-state index in [-0.39, 0.29) is 5.91 Å². The van der Waals surface area contributed by atoms with E-state index in [0.29, 0.717) is 11.7 Å². The Bertz CT molecular complexity index is 379. The molecule has 0 aliphatic carbocycles. The zero-order chi connectivity index (χ0) is 13.5. The van der Waals surface area contributed by atoms with Crippen molar-refractivity contribution in [2.45, 2.75) is 30.8 Å². The number of hydrogen-bond donors (Lipinski definition) is 1. The Morgan fingerprint density at radius 1 is 1.61 bits per heavy atom. The number of rotatable bonds is 7. The molecule has 1 amide bonds. The molecule has 102 valence electrons. The minimum absolute atomic E-state index is 0.0973. The van der Waals surface area contributed by atoms with E-state index in [1.54, 1.807) is 30.3 Å². The molecule has 0 saturated carbocycles. The summed E-state index contributed by atoms with van der Waals surface area (Å²) in [5.74, 6) is 0.994. The Morgan fingerprint density at radius 3 is 2.94 bits per heavy atom. The van der Waals surface area contributed by atoms with Crippen molar-refractivity contribution in [2.24, 2.45) is 5.73 Å². The maximum Gasteiger partial charge on any atom is 0.228 e. The van der Waals surface area contributed by atoms with Gasteiger partial charge >= 0.3 is 0 Å². The fourth-order valence-corrected chi connectivity index (χ4v) is 3.13. The van der Waals surface area contributed by atoms with Crippen LogP contribution in [0.25, 0.3) is 0 Å². The van der Waals surface area contributed by atoms with Gasteiger partial charge in [0.2, 0.25) is 5.91 Å². The van der Waals surface area contributed by atoms with Crippen molar-refractivity contribution in [3.63, 3.8) is 0 Å². The number of thioether (sulfide) groups is 1. The minimum atomic E-state index is 0.0973. The highest BCUT2D eigenvalue weighted by Gasteiger charge is 2.10. The van der Waals surface area contributed by atoms with E-state index in [1.165, 1.54) is 0 Å². The van der Waals surface area contributed by atoms with Crippen LogP contribution in [0.2, 0.25) is 0 Å². The van der Waals surface area contributed by atoms with E-state index >= 15 is 0 Å². The van der Waals surface area contributed by atoms with E-state index in [4.69, 9.17) is 5.73 Å². The number of aromatic nitrogens is 1. The lowest BCUT2D eigenvalue weighted by molar-refractivity contribution is -0.127. The second-order valence-electron chi connectivity index (χ2n) is 4.40. The van der Waals surface area contributed by atoms with Crippen LogP contribution < -0.4 is 5.73 Å². The maximum atomic E-state index is 11.5. The van der Waals surface area contributed by atoms with E-state index in [9.17, 15) is 4.79 Å². The molecular formula is C12H21N3OS2. The van der Waals surface area contributed by atoms with Gasteiger partial charge < -0.3 is 10.6 Å². The fraction of sp³-hybridized carbons (Fsp3) is 0.667. The molecule has 0 bridgehead atoms. The highest BCUT2D eigenvalue weighted by molar-refractivity contribution is 7.99. The summed E-state index contributed by atoms with van der Waals surface area (Å²) in [7, 11) is 3.53. The van der Waals surface area contributed by atoms with Gasteiger partial charge in [-0.2, -0.15) is 11.8 Å². The van der Waals surface area contributed by atoms with Crippen LogP contribution in [-0.2, 0) is 17.0 Å². The second-order valence-corrected chi connectivity index (χ2v) is 6.77. The topological polar surface area (TPSA) is 59.2 Å². The molecule has 1 unspecified atom stereocenters. The summed E-state index contributed by atoms with van der Waals surface area (Å²) in [5.41, 5.74) is 6.58. The summed E-state index contributed by atoms with van der Waals surface area (Å²) < 4.78 is 0. The van der Waals surface area contributed by atoms with E-state index in [2.05, 4.69) is 11.9 Å². The lowest BCUT2D eigenvalue weighted by Crippen LogP contribution is -2.23. The third-order valence-electron chi connectivity index (χ3n) is 2.49. The van der Waals surface area contributed by atoms with Crippen LogP contribution in [0.5, 0.6) is 0 Å². The van der Waals surface area contributed by atoms with Crippen molar-refractivity contribution in [1.29, 1.82) is 0 Å². The van der Waals surface area contributed by atoms with E-state index < -0.39 is 0 Å². The van der Waals surface area contributed by atoms with Gasteiger partial charge in [-0.3, -0.25) is 4.79 Å². The summed E-state index contributed by atoms with van der Waals surface area (Å²) in [4.78, 5) is 17.6. The van der Waals surface area contributed by atoms with Gasteiger partial charge in [-0.15, -0.1) is 11.3 Å². The van der Waals surface area contributed by atoms with Gasteiger partial charge in [-0.25, -0.2) is 4.98 Å². The molecule has 1 heterocycles. The van der Waals surface area contributed by atoms with Crippen LogP contribution in [0.1, 0.15) is 24.0 Å². The van der Waals surface area contributed by atoms with Gasteiger partial charge in [-0.1, -0.05) is 6.92 Å². The quantitative estimate of drug-likeness (QED) is 0.830. The average Bonchev–Trinajstić information content (AvgIpc) is 2.74. The van der Waals surface area contributed by atoms with Gasteiger partial charge in [0.15, 0.2) is 0 Å². The van der Waals surface area contributed by atoms with Crippen LogP contribution in [0.3, 0.4) is 0 Å². The Labute approximate surface area is 117 Å². The molecule has 4 nitrogen and oxygen atoms in total. The van der Waals surface area contributed by atoms with E-state index in [1.807, 2.05) is 17.1 Å². The zero-order valence-electron chi connectivity index (χ0n) is 11.2. The monoisotopic (exact) mass is 287 g/mol. The third kappa shape index (κ3) is 5.37. The summed E-state index contributed by atoms with van der Waals surface area (Å²) in [6.07, 6.45) is 1.43. The Hall–Kier alpha value is -0.590. The van der Waals surface area contributed by atoms with Crippen molar-refractivity contribution < 1.29 is 4.79 Å². The number of likely N-dealkylation sites (N-methyl/N-ethyl adjacent to an activating group) is 1. The number of thiazole rings is 1. The number of nitrogens with two attached hydrogens (primary N) is 1. The normalized spacial score (nSPS) is 12.4. The number of amides is 1. The van der Waals surface area contributed by atoms with Crippen molar-refractivity contribution >= 4 is 29.0 Å². The Kier molecular flexibility index (Phi) is 6.67. The largest absolute Gasteiger partial charge is 0.348 e. The first-order valence-corrected chi connectivity index (χ1v) is 7.91. The first-order chi connectivity index (χ1) is 8.52. The molecule has 0 radical (unpaired) electrons. The van der Waals surface area contributed by atoms with Crippen molar-refractivity contribution in [1.82, 2.24) is 9.88 Å². The molecule has 1 aromatic rings. The predicted octanol–water partition coefficient (Wildman–Crippen LogP) is 1.74. The molecule has 0 aliphatic heterocycles. The van der Waals surface area contributed by atoms with Crippen molar-refractivity contribution in [3.05, 3.63) is 16.1 Å². The number of hydrogen-bond acceptors (Lipinski definition) is 5. The molecule has 1 atom stereocenters. The molecule has 18 heavy (non-hydrogen) atoms. The molecule has 0 saturated heterocycles. The predicted molar refractivity (Wildman–Crippen MR) is 78.9 cm³/mol. The lowest BCUT2D eigenvalue weighted by atomic mass is 10.3. The number of carbonyl (C=O) groups excluding carboxylic acids is 1. The van der Waals surface area contributed by atoms with Crippen LogP contribution >= 0.6 is 23.1 Å². The summed E-state index contributed by atoms with van der Waals surface area (Å²) in [6.45, 7) is 2.91. The highest BCUT2D eigenvalue weighted by Crippen LogP contribution is 2.21. The van der Waals surface area contributed by atoms with Crippen molar-refractivity contribution in [3.8, 4) is 0 Å². The van der Waals surface area contributed by atoms with Crippen LogP contribution in [0.15, 0.2) is 5.38 Å². The van der Waals surface area contributed by atoms with Gasteiger partial charge in [0.25, 0.3) is 0 Å². The molecular weight excluding hydrogens is 266 g/mol. The minimum Gasteiger partial charge on any atom is -0.348 e. The smallest absolute Gasteiger partial charge is 0.228 e. The zero-order valence-corrected chi connectivity index (χ0v) is 12.8. The van der Waals surface area contributed by atoms with Crippen LogP contribution in [0, 0.1) is 0 Å². The molecule has 0 fully saturated rings. The Balaban J connectivity index is 2.41. The molecule has 2 N–H and O–H groups in total. The molecule has 0 aliphatic rings. The SMILES string of the molecule is CC(CCN)SCc1csc(CC(=O)N(C)C)n1. The highest BCUT2D eigenvalue weighted by atomic mass is 32.2. The summed E-state index contributed by atoms with van der Waals surface area (Å²) in [5, 5.41) is 3.50. The third-order valence-corrected chi connectivity index (χ3v) is 4.65. The number of nitrogens with zero attached hydrogens (tertiary/aromatic N) is 2. The molecule has 1 rings (SSSR count). The summed E-state index contributed by atoms with van der Waals surface area (Å²) in [6, 6.07) is 0. The van der Waals surface area contributed by atoms with Crippen LogP contribution in [0.4, 0.5) is 0 Å². The first-order valence-electron chi connectivity index (χ1n) is 5.98. The molecule has 6 heteroatoms. The fourth-order valence-electron chi connectivity index (χ4n) is 1.33. The number of carbonyl (C=O) groups is 1. The second kappa shape index (κ2) is 7.76. The standard InChI is InChI=1S/C12H21N3OS2/c1-9(4-5-13)17-7-10-8-18-11(14-10)6-12(16)15(2)3/h8-9H,4-7,13H2,1-3H3. The van der Waals surface area contributed by atoms with Gasteiger partial charge in [-0.05, 0) is 13.0 Å². The van der Waals surface area contributed by atoms with Crippen LogP contribution in [-0.4, -0.2) is 41.7 Å². The molecule has 1 aromatic heterocycles. The van der Waals surface area contributed by atoms with E-state index in [0.717, 1.165) is 29.4 Å². The van der Waals surface area contributed by atoms with Gasteiger partial charge in [0, 0.05) is 30.5 Å². The molecule has 0 spiro atoms. The first kappa shape index (κ1) is 15.5. The molecule has 0 aromatic carbocycles. The summed E-state index contributed by atoms with van der Waals surface area (Å²) >= 11 is 3.43. The van der Waals surface area contributed by atoms with Crippen molar-refractivity contribution in [2.75, 3.05) is 20.6 Å². The Morgan fingerprint density at radius 2 is 2.33 bits per heavy atom. The maximum absolute atomic E-state index is 11.5. The lowest BCUT2D eigenvalue weighted by Gasteiger charge is -2.08.